The van der Waals surface area contributed by atoms with Crippen LogP contribution in [0.4, 0.5) is 10.1 Å². The van der Waals surface area contributed by atoms with Crippen molar-refractivity contribution in [1.29, 1.82) is 0 Å². The number of carbonyl (C=O) groups is 2. The van der Waals surface area contributed by atoms with Crippen LogP contribution < -0.4 is 16.0 Å². The van der Waals surface area contributed by atoms with Crippen molar-refractivity contribution in [1.82, 2.24) is 10.6 Å². The van der Waals surface area contributed by atoms with Crippen LogP contribution in [0.15, 0.2) is 36.4 Å². The van der Waals surface area contributed by atoms with Gasteiger partial charge in [-0.05, 0) is 53.6 Å². The highest BCUT2D eigenvalue weighted by Gasteiger charge is 2.65. The maximum absolute atomic E-state index is 14.9. The number of halogens is 4. The summed E-state index contributed by atoms with van der Waals surface area (Å²) in [5, 5.41) is 28.3. The number of benzene rings is 2. The zero-order chi connectivity index (χ0) is 27.1. The predicted molar refractivity (Wildman–Crippen MR) is 149 cm³/mol. The van der Waals surface area contributed by atoms with Crippen molar-refractivity contribution < 1.29 is 24.2 Å². The van der Waals surface area contributed by atoms with Crippen molar-refractivity contribution in [3.05, 3.63) is 63.4 Å². The number of nitrogens with one attached hydrogen (secondary N) is 3. The Morgan fingerprint density at radius 3 is 2.58 bits per heavy atom. The molecular weight excluding hydrogens is 556 g/mol. The molecule has 1 fully saturated rings. The lowest BCUT2D eigenvalue weighted by Gasteiger charge is -2.37. The average Bonchev–Trinajstić information content (AvgIpc) is 3.28. The molecule has 5 N–H and O–H groups in total. The summed E-state index contributed by atoms with van der Waals surface area (Å²) in [5.41, 5.74) is -0.0573. The average molecular weight is 589 g/mol. The van der Waals surface area contributed by atoms with Gasteiger partial charge in [0.2, 0.25) is 11.8 Å². The number of hydrogen-bond donors (Lipinski definition) is 5. The third-order valence-corrected chi connectivity index (χ3v) is 7.70. The van der Waals surface area contributed by atoms with Gasteiger partial charge in [0, 0.05) is 29.2 Å². The molecule has 5 atom stereocenters. The van der Waals surface area contributed by atoms with Gasteiger partial charge < -0.3 is 26.2 Å². The summed E-state index contributed by atoms with van der Waals surface area (Å²) in [5.74, 6) is -2.10. The minimum atomic E-state index is -1.33. The summed E-state index contributed by atoms with van der Waals surface area (Å²) in [6.07, 6.45) is -0.282. The second-order valence-electron chi connectivity index (χ2n) is 11.0. The van der Waals surface area contributed by atoms with Gasteiger partial charge in [-0.2, -0.15) is 0 Å². The van der Waals surface area contributed by atoms with Crippen LogP contribution in [-0.2, 0) is 15.0 Å². The molecular formula is C27H33Cl3FN3O4. The van der Waals surface area contributed by atoms with Crippen molar-refractivity contribution >= 4 is 53.1 Å². The van der Waals surface area contributed by atoms with Gasteiger partial charge in [-0.3, -0.25) is 9.59 Å². The van der Waals surface area contributed by atoms with Crippen LogP contribution in [0.1, 0.15) is 50.7 Å². The predicted octanol–water partition coefficient (Wildman–Crippen LogP) is 4.16. The van der Waals surface area contributed by atoms with Crippen molar-refractivity contribution in [2.45, 2.75) is 63.1 Å². The van der Waals surface area contributed by atoms with Crippen molar-refractivity contribution in [3.63, 3.8) is 0 Å². The number of rotatable bonds is 7. The van der Waals surface area contributed by atoms with Crippen LogP contribution in [0, 0.1) is 11.2 Å². The number of aliphatic hydroxyl groups excluding tert-OH is 2. The number of fused-ring (bicyclic) bond motifs is 2. The van der Waals surface area contributed by atoms with Gasteiger partial charge in [0.15, 0.2) is 0 Å². The largest absolute Gasteiger partial charge is 0.394 e. The van der Waals surface area contributed by atoms with Crippen molar-refractivity contribution in [2.75, 3.05) is 18.5 Å². The molecule has 7 nitrogen and oxygen atoms in total. The number of anilines is 1. The molecule has 0 aliphatic carbocycles. The molecule has 0 bridgehead atoms. The molecule has 1 spiro atoms. The van der Waals surface area contributed by atoms with Crippen LogP contribution in [0.25, 0.3) is 0 Å². The number of carbonyl (C=O) groups excluding carboxylic acids is 2. The maximum atomic E-state index is 14.9. The molecule has 2 aliphatic rings. The number of aliphatic hydroxyl groups is 2. The fourth-order valence-electron chi connectivity index (χ4n) is 5.70. The first kappa shape index (κ1) is 30.6. The fraction of sp³-hybridized carbons (Fsp3) is 0.481. The quantitative estimate of drug-likeness (QED) is 0.334. The van der Waals surface area contributed by atoms with E-state index in [4.69, 9.17) is 28.3 Å². The van der Waals surface area contributed by atoms with Crippen LogP contribution in [0.5, 0.6) is 0 Å². The van der Waals surface area contributed by atoms with E-state index >= 15 is 0 Å². The molecule has 2 amide bonds. The highest BCUT2D eigenvalue weighted by molar-refractivity contribution is 6.31. The molecule has 0 aromatic heterocycles. The van der Waals surface area contributed by atoms with E-state index in [-0.39, 0.29) is 47.6 Å². The second-order valence-corrected chi connectivity index (χ2v) is 11.9. The van der Waals surface area contributed by atoms with Gasteiger partial charge >= 0.3 is 0 Å². The maximum Gasteiger partial charge on any atom is 0.237 e. The van der Waals surface area contributed by atoms with Crippen molar-refractivity contribution in [2.24, 2.45) is 5.41 Å². The molecule has 208 valence electrons. The minimum Gasteiger partial charge on any atom is -0.394 e. The lowest BCUT2D eigenvalue weighted by atomic mass is 9.62. The third kappa shape index (κ3) is 5.67. The van der Waals surface area contributed by atoms with E-state index in [9.17, 15) is 19.1 Å². The highest BCUT2D eigenvalue weighted by Crippen LogP contribution is 2.57. The second kappa shape index (κ2) is 11.7. The zero-order valence-corrected chi connectivity index (χ0v) is 23.7. The molecule has 0 unspecified atom stereocenters. The van der Waals surface area contributed by atoms with Crippen LogP contribution in [0.2, 0.25) is 10.0 Å². The zero-order valence-electron chi connectivity index (χ0n) is 21.4. The van der Waals surface area contributed by atoms with E-state index in [2.05, 4.69) is 16.0 Å². The Hall–Kier alpha value is -1.94. The number of amides is 2. The Bertz CT molecular complexity index is 1210. The molecule has 38 heavy (non-hydrogen) atoms. The van der Waals surface area contributed by atoms with Gasteiger partial charge in [-0.15, -0.1) is 12.4 Å². The van der Waals surface area contributed by atoms with Gasteiger partial charge in [0.05, 0.1) is 23.8 Å². The monoisotopic (exact) mass is 587 g/mol. The minimum absolute atomic E-state index is 0. The third-order valence-electron chi connectivity index (χ3n) is 7.18. The van der Waals surface area contributed by atoms with E-state index in [0.717, 1.165) is 0 Å². The van der Waals surface area contributed by atoms with E-state index in [1.807, 2.05) is 26.8 Å². The molecule has 11 heteroatoms. The lowest BCUT2D eigenvalue weighted by Crippen LogP contribution is -2.49. The standard InChI is InChI=1S/C27H32Cl2FN3O4.ClH/c1-26(2,3)12-21-27(17-10-19(30)18(29)11-20(17)32-25(27)37)22(14-5-4-6-15(28)9-14)23(33-21)24(36)31-8-7-16(35)13-34;/h4-6,9-11,16,21-23,33-35H,7-8,12-13H2,1-3H3,(H,31,36)(H,32,37);1H/t16-,21-,22+,23-,27+;/m1./s1. The molecule has 2 heterocycles. The normalized spacial score (nSPS) is 25.1. The van der Waals surface area contributed by atoms with Crippen molar-refractivity contribution in [3.8, 4) is 0 Å². The van der Waals surface area contributed by atoms with E-state index < -0.39 is 41.9 Å². The lowest BCUT2D eigenvalue weighted by molar-refractivity contribution is -0.124. The fourth-order valence-corrected chi connectivity index (χ4v) is 6.06. The Labute approximate surface area is 237 Å². The Morgan fingerprint density at radius 1 is 1.24 bits per heavy atom. The first-order valence-electron chi connectivity index (χ1n) is 12.3. The van der Waals surface area contributed by atoms with Crippen LogP contribution in [0.3, 0.4) is 0 Å². The van der Waals surface area contributed by atoms with Gasteiger partial charge in [0.1, 0.15) is 11.2 Å². The topological polar surface area (TPSA) is 111 Å². The first-order valence-corrected chi connectivity index (χ1v) is 13.0. The summed E-state index contributed by atoms with van der Waals surface area (Å²) in [4.78, 5) is 27.6. The summed E-state index contributed by atoms with van der Waals surface area (Å²) in [6.45, 7) is 5.83. The Morgan fingerprint density at radius 2 is 1.95 bits per heavy atom. The van der Waals surface area contributed by atoms with Crippen LogP contribution in [-0.4, -0.2) is 53.4 Å². The smallest absolute Gasteiger partial charge is 0.237 e. The summed E-state index contributed by atoms with van der Waals surface area (Å²) >= 11 is 12.4. The Balaban J connectivity index is 0.00000400. The molecule has 4 rings (SSSR count). The molecule has 1 saturated heterocycles. The van der Waals surface area contributed by atoms with Crippen LogP contribution >= 0.6 is 35.6 Å². The molecule has 2 aromatic carbocycles. The van der Waals surface area contributed by atoms with E-state index in [1.165, 1.54) is 12.1 Å². The summed E-state index contributed by atoms with van der Waals surface area (Å²) in [6, 6.07) is 8.30. The van der Waals surface area contributed by atoms with E-state index in [1.54, 1.807) is 18.2 Å². The molecule has 2 aliphatic heterocycles. The van der Waals surface area contributed by atoms with Gasteiger partial charge in [0.25, 0.3) is 0 Å². The summed E-state index contributed by atoms with van der Waals surface area (Å²) < 4.78 is 14.9. The van der Waals surface area contributed by atoms with Gasteiger partial charge in [-0.1, -0.05) is 56.1 Å². The Kier molecular flexibility index (Phi) is 9.39. The first-order chi connectivity index (χ1) is 17.4. The molecule has 0 radical (unpaired) electrons. The molecule has 0 saturated carbocycles. The number of hydrogen-bond acceptors (Lipinski definition) is 5. The van der Waals surface area contributed by atoms with E-state index in [0.29, 0.717) is 28.3 Å². The highest BCUT2D eigenvalue weighted by atomic mass is 35.5. The summed E-state index contributed by atoms with van der Waals surface area (Å²) in [7, 11) is 0. The SMILES string of the molecule is CC(C)(C)C[C@H]1N[C@@H](C(=O)NCC[C@@H](O)CO)[C@H](c2cccc(Cl)c2)[C@@]12C(=O)Nc1cc(Cl)c(F)cc12.Cl. The van der Waals surface area contributed by atoms with Gasteiger partial charge in [-0.25, -0.2) is 4.39 Å². The molecule has 2 aromatic rings.